The van der Waals surface area contributed by atoms with Crippen molar-refractivity contribution in [3.05, 3.63) is 41.0 Å². The van der Waals surface area contributed by atoms with Gasteiger partial charge in [0, 0.05) is 26.3 Å². The number of aliphatic hydroxyl groups is 1. The van der Waals surface area contributed by atoms with Crippen LogP contribution in [0, 0.1) is 12.3 Å². The first-order valence-electron chi connectivity index (χ1n) is 11.9. The predicted octanol–water partition coefficient (Wildman–Crippen LogP) is 3.62. The van der Waals surface area contributed by atoms with Gasteiger partial charge in [-0.25, -0.2) is 4.98 Å². The van der Waals surface area contributed by atoms with Crippen molar-refractivity contribution in [1.29, 1.82) is 0 Å². The van der Waals surface area contributed by atoms with Gasteiger partial charge in [0.15, 0.2) is 5.60 Å². The van der Waals surface area contributed by atoms with Crippen LogP contribution in [0.1, 0.15) is 58.7 Å². The summed E-state index contributed by atoms with van der Waals surface area (Å²) in [5, 5.41) is 17.7. The largest absolute Gasteiger partial charge is 0.391 e. The zero-order chi connectivity index (χ0) is 25.5. The molecule has 1 fully saturated rings. The number of rotatable bonds is 5. The van der Waals surface area contributed by atoms with Crippen LogP contribution in [0.2, 0.25) is 0 Å². The second-order valence-electron chi connectivity index (χ2n) is 10.8. The zero-order valence-electron chi connectivity index (χ0n) is 21.2. The van der Waals surface area contributed by atoms with Gasteiger partial charge in [-0.3, -0.25) is 9.59 Å². The number of aromatic nitrogens is 1. The van der Waals surface area contributed by atoms with Crippen LogP contribution in [-0.4, -0.2) is 57.2 Å². The van der Waals surface area contributed by atoms with E-state index in [-0.39, 0.29) is 24.4 Å². The molecule has 0 bridgehead atoms. The van der Waals surface area contributed by atoms with E-state index in [0.717, 1.165) is 27.4 Å². The third-order valence-corrected chi connectivity index (χ3v) is 7.77. The number of hydrogen-bond acceptors (Lipinski definition) is 7. The Morgan fingerprint density at radius 3 is 2.54 bits per heavy atom. The van der Waals surface area contributed by atoms with Gasteiger partial charge in [0.2, 0.25) is 11.8 Å². The zero-order valence-corrected chi connectivity index (χ0v) is 22.0. The lowest BCUT2D eigenvalue weighted by atomic mass is 9.85. The van der Waals surface area contributed by atoms with Crippen molar-refractivity contribution < 1.29 is 19.5 Å². The number of nitrogens with zero attached hydrogens (tertiary/aromatic N) is 3. The number of nitrogens with one attached hydrogen (secondary N) is 1. The molecule has 35 heavy (non-hydrogen) atoms. The Morgan fingerprint density at radius 1 is 1.29 bits per heavy atom. The third kappa shape index (κ3) is 5.11. The van der Waals surface area contributed by atoms with Gasteiger partial charge in [-0.15, -0.1) is 11.3 Å². The molecule has 0 saturated carbocycles. The smallest absolute Gasteiger partial charge is 0.246 e. The highest BCUT2D eigenvalue weighted by molar-refractivity contribution is 7.13. The summed E-state index contributed by atoms with van der Waals surface area (Å²) in [7, 11) is 0. The highest BCUT2D eigenvalue weighted by Crippen LogP contribution is 2.39. The number of benzene rings is 1. The van der Waals surface area contributed by atoms with Gasteiger partial charge < -0.3 is 20.2 Å². The van der Waals surface area contributed by atoms with Crippen molar-refractivity contribution in [1.82, 2.24) is 15.2 Å². The Hall–Kier alpha value is -2.78. The first kappa shape index (κ1) is 25.3. The first-order chi connectivity index (χ1) is 16.4. The molecule has 4 rings (SSSR count). The van der Waals surface area contributed by atoms with Crippen LogP contribution < -0.4 is 5.32 Å². The summed E-state index contributed by atoms with van der Waals surface area (Å²) in [6.07, 6.45) is 0.246. The van der Waals surface area contributed by atoms with Gasteiger partial charge in [-0.05, 0) is 30.4 Å². The maximum atomic E-state index is 13.5. The molecule has 0 spiro atoms. The van der Waals surface area contributed by atoms with Gasteiger partial charge in [0.05, 0.1) is 33.9 Å². The van der Waals surface area contributed by atoms with E-state index in [2.05, 4.69) is 27.6 Å². The number of carbonyl (C=O) groups excluding carboxylic acids is 2. The summed E-state index contributed by atoms with van der Waals surface area (Å²) < 4.78 is 0. The number of hydrogen-bond donors (Lipinski definition) is 2. The molecule has 0 aliphatic carbocycles. The minimum atomic E-state index is -0.704. The summed E-state index contributed by atoms with van der Waals surface area (Å²) in [4.78, 5) is 38.4. The lowest BCUT2D eigenvalue weighted by Gasteiger charge is -2.35. The lowest BCUT2D eigenvalue weighted by molar-refractivity contribution is -0.139. The molecule has 9 heteroatoms. The van der Waals surface area contributed by atoms with E-state index in [1.165, 1.54) is 6.92 Å². The summed E-state index contributed by atoms with van der Waals surface area (Å²) in [5.74, 6) is -0.476. The summed E-state index contributed by atoms with van der Waals surface area (Å²) in [5.41, 5.74) is 4.54. The molecule has 2 aliphatic heterocycles. The molecule has 3 heterocycles. The molecule has 2 aromatic rings. The highest BCUT2D eigenvalue weighted by atomic mass is 32.1. The second-order valence-corrected chi connectivity index (χ2v) is 11.7. The molecule has 0 radical (unpaired) electrons. The van der Waals surface area contributed by atoms with E-state index in [0.29, 0.717) is 12.8 Å². The summed E-state index contributed by atoms with van der Waals surface area (Å²) in [6, 6.07) is 7.15. The van der Waals surface area contributed by atoms with E-state index in [1.807, 2.05) is 52.3 Å². The summed E-state index contributed by atoms with van der Waals surface area (Å²) >= 11 is 1.62. The van der Waals surface area contributed by atoms with Crippen LogP contribution in [-0.2, 0) is 20.0 Å². The number of likely N-dealkylation sites (tertiary alicyclic amines) is 1. The number of carbonyl (C=O) groups is 2. The molecule has 1 saturated heterocycles. The molecule has 4 atom stereocenters. The molecule has 1 aromatic heterocycles. The van der Waals surface area contributed by atoms with E-state index in [9.17, 15) is 14.7 Å². The van der Waals surface area contributed by atoms with Crippen molar-refractivity contribution in [2.75, 3.05) is 6.54 Å². The second kappa shape index (κ2) is 9.35. The van der Waals surface area contributed by atoms with Gasteiger partial charge in [0.25, 0.3) is 0 Å². The lowest BCUT2D eigenvalue weighted by Crippen LogP contribution is -2.56. The van der Waals surface area contributed by atoms with Crippen LogP contribution in [0.25, 0.3) is 10.4 Å². The number of aryl methyl sites for hydroxylation is 1. The number of aliphatic hydroxyl groups excluding tert-OH is 1. The Kier molecular flexibility index (Phi) is 6.76. The Labute approximate surface area is 210 Å². The molecular weight excluding hydrogens is 464 g/mol. The fourth-order valence-corrected chi connectivity index (χ4v) is 5.66. The van der Waals surface area contributed by atoms with Crippen LogP contribution >= 0.6 is 11.3 Å². The van der Waals surface area contributed by atoms with Crippen molar-refractivity contribution in [3.63, 3.8) is 0 Å². The SMILES string of the molecule is CC(=O)N[C@H](C(=O)N1C[C@H](O)C[C@H]1C1=NO[C@](C)(c2ccc(-c3scnc3C)cc2)C1)C(C)(C)C. The Balaban J connectivity index is 1.52. The average molecular weight is 499 g/mol. The fourth-order valence-electron chi connectivity index (χ4n) is 4.85. The summed E-state index contributed by atoms with van der Waals surface area (Å²) in [6.45, 7) is 11.3. The van der Waals surface area contributed by atoms with Crippen molar-refractivity contribution in [2.45, 2.75) is 78.2 Å². The van der Waals surface area contributed by atoms with E-state index >= 15 is 0 Å². The Bertz CT molecular complexity index is 1140. The minimum absolute atomic E-state index is 0.203. The number of β-amino-alcohol motifs (C(OH)–C–C–N with tert-alkyl or cyclic N) is 1. The predicted molar refractivity (Wildman–Crippen MR) is 136 cm³/mol. The quantitative estimate of drug-likeness (QED) is 0.655. The number of amides is 2. The maximum Gasteiger partial charge on any atom is 0.246 e. The number of thiazole rings is 1. The molecule has 1 aromatic carbocycles. The molecule has 0 unspecified atom stereocenters. The van der Waals surface area contributed by atoms with Gasteiger partial charge in [-0.2, -0.15) is 0 Å². The van der Waals surface area contributed by atoms with Crippen LogP contribution in [0.4, 0.5) is 0 Å². The topological polar surface area (TPSA) is 104 Å². The normalized spacial score (nSPS) is 25.2. The number of oxime groups is 1. The monoisotopic (exact) mass is 498 g/mol. The standard InChI is InChI=1S/C26H34N4O4S/c1-15-22(35-14-27-15)17-7-9-18(10-8-17)26(6)12-20(29-34-26)21-11-19(32)13-30(21)24(33)23(25(3,4)5)28-16(2)31/h7-10,14,19,21,23,32H,11-13H2,1-6H3,(H,28,31)/t19-,21+,23-,26+/m1/s1. The average Bonchev–Trinajstić information content (AvgIpc) is 3.49. The first-order valence-corrected chi connectivity index (χ1v) is 12.8. The van der Waals surface area contributed by atoms with E-state index in [1.54, 1.807) is 16.2 Å². The molecule has 2 amide bonds. The fraction of sp³-hybridized carbons (Fsp3) is 0.538. The van der Waals surface area contributed by atoms with Crippen LogP contribution in [0.5, 0.6) is 0 Å². The molecule has 8 nitrogen and oxygen atoms in total. The highest BCUT2D eigenvalue weighted by Gasteiger charge is 2.47. The van der Waals surface area contributed by atoms with E-state index in [4.69, 9.17) is 4.84 Å². The molecule has 188 valence electrons. The molecular formula is C26H34N4O4S. The van der Waals surface area contributed by atoms with Crippen molar-refractivity contribution in [3.8, 4) is 10.4 Å². The van der Waals surface area contributed by atoms with Crippen LogP contribution in [0.15, 0.2) is 34.9 Å². The van der Waals surface area contributed by atoms with Gasteiger partial charge in [-0.1, -0.05) is 50.2 Å². The minimum Gasteiger partial charge on any atom is -0.391 e. The maximum absolute atomic E-state index is 13.5. The third-order valence-electron chi connectivity index (χ3n) is 6.79. The molecule has 2 N–H and O–H groups in total. The van der Waals surface area contributed by atoms with Crippen LogP contribution in [0.3, 0.4) is 0 Å². The Morgan fingerprint density at radius 2 is 1.97 bits per heavy atom. The van der Waals surface area contributed by atoms with E-state index < -0.39 is 23.2 Å². The van der Waals surface area contributed by atoms with Gasteiger partial charge in [0.1, 0.15) is 6.04 Å². The van der Waals surface area contributed by atoms with Crippen molar-refractivity contribution >= 4 is 28.9 Å². The van der Waals surface area contributed by atoms with Crippen molar-refractivity contribution in [2.24, 2.45) is 10.6 Å². The van der Waals surface area contributed by atoms with Gasteiger partial charge >= 0.3 is 0 Å². The molecule has 2 aliphatic rings.